The van der Waals surface area contributed by atoms with E-state index >= 15 is 0 Å². The molecule has 2 aromatic rings. The first-order valence-electron chi connectivity index (χ1n) is 5.90. The number of rotatable bonds is 5. The van der Waals surface area contributed by atoms with Crippen molar-refractivity contribution in [2.45, 2.75) is 13.2 Å². The molecule has 0 aliphatic heterocycles. The van der Waals surface area contributed by atoms with Gasteiger partial charge >= 0.3 is 0 Å². The fraction of sp³-hybridized carbons (Fsp3) is 0.133. The minimum atomic E-state index is -0.247. The smallest absolute Gasteiger partial charge is 0.123 e. The average Bonchev–Trinajstić information content (AvgIpc) is 2.41. The Balaban J connectivity index is 0.00000200. The van der Waals surface area contributed by atoms with Crippen LogP contribution >= 0.6 is 12.4 Å². The Bertz CT molecular complexity index is 555. The minimum Gasteiger partial charge on any atom is -0.384 e. The third-order valence-corrected chi connectivity index (χ3v) is 2.72. The Kier molecular flexibility index (Phi) is 6.15. The van der Waals surface area contributed by atoms with Crippen molar-refractivity contribution in [1.82, 2.24) is 0 Å². The molecule has 2 aromatic carbocycles. The first-order chi connectivity index (χ1) is 9.15. The summed E-state index contributed by atoms with van der Waals surface area (Å²) in [6.07, 6.45) is 0. The van der Waals surface area contributed by atoms with Gasteiger partial charge in [-0.1, -0.05) is 36.4 Å². The van der Waals surface area contributed by atoms with Crippen LogP contribution in [0.1, 0.15) is 16.7 Å². The zero-order valence-corrected chi connectivity index (χ0v) is 11.6. The predicted molar refractivity (Wildman–Crippen MR) is 79.6 cm³/mol. The SMILES string of the molecule is Cl.N=C(N)c1ccc(COCc2ccc(F)cc2)cc1. The molecule has 0 saturated carbocycles. The molecule has 0 unspecified atom stereocenters. The van der Waals surface area contributed by atoms with E-state index in [4.69, 9.17) is 15.9 Å². The van der Waals surface area contributed by atoms with Crippen LogP contribution in [0.2, 0.25) is 0 Å². The maximum absolute atomic E-state index is 12.7. The van der Waals surface area contributed by atoms with E-state index in [2.05, 4.69) is 0 Å². The lowest BCUT2D eigenvalue weighted by Gasteiger charge is -2.05. The fourth-order valence-corrected chi connectivity index (χ4v) is 1.65. The van der Waals surface area contributed by atoms with Gasteiger partial charge < -0.3 is 10.5 Å². The summed E-state index contributed by atoms with van der Waals surface area (Å²) in [5, 5.41) is 7.29. The summed E-state index contributed by atoms with van der Waals surface area (Å²) in [5.41, 5.74) is 8.01. The molecule has 0 aromatic heterocycles. The van der Waals surface area contributed by atoms with E-state index in [1.165, 1.54) is 12.1 Å². The highest BCUT2D eigenvalue weighted by Gasteiger charge is 1.98. The maximum Gasteiger partial charge on any atom is 0.123 e. The van der Waals surface area contributed by atoms with E-state index in [1.54, 1.807) is 24.3 Å². The number of hydrogen-bond acceptors (Lipinski definition) is 2. The van der Waals surface area contributed by atoms with Gasteiger partial charge in [-0.2, -0.15) is 0 Å². The van der Waals surface area contributed by atoms with Crippen LogP contribution in [-0.4, -0.2) is 5.84 Å². The van der Waals surface area contributed by atoms with Crippen molar-refractivity contribution >= 4 is 18.2 Å². The van der Waals surface area contributed by atoms with Crippen molar-refractivity contribution in [3.8, 4) is 0 Å². The molecule has 20 heavy (non-hydrogen) atoms. The quantitative estimate of drug-likeness (QED) is 0.657. The van der Waals surface area contributed by atoms with Crippen LogP contribution < -0.4 is 5.73 Å². The van der Waals surface area contributed by atoms with Crippen LogP contribution in [0.25, 0.3) is 0 Å². The zero-order chi connectivity index (χ0) is 13.7. The number of halogens is 2. The third-order valence-electron chi connectivity index (χ3n) is 2.72. The van der Waals surface area contributed by atoms with Crippen molar-refractivity contribution < 1.29 is 9.13 Å². The van der Waals surface area contributed by atoms with Crippen molar-refractivity contribution in [2.24, 2.45) is 5.73 Å². The number of hydrogen-bond donors (Lipinski definition) is 2. The van der Waals surface area contributed by atoms with Gasteiger partial charge in [-0.15, -0.1) is 12.4 Å². The third kappa shape index (κ3) is 4.64. The Labute approximate surface area is 123 Å². The zero-order valence-electron chi connectivity index (χ0n) is 10.8. The van der Waals surface area contributed by atoms with Gasteiger partial charge in [-0.3, -0.25) is 5.41 Å². The Morgan fingerprint density at radius 2 is 1.40 bits per heavy atom. The van der Waals surface area contributed by atoms with E-state index in [-0.39, 0.29) is 24.1 Å². The lowest BCUT2D eigenvalue weighted by Crippen LogP contribution is -2.10. The van der Waals surface area contributed by atoms with Gasteiger partial charge in [0.05, 0.1) is 13.2 Å². The first-order valence-corrected chi connectivity index (χ1v) is 5.90. The second kappa shape index (κ2) is 7.62. The molecular formula is C15H16ClFN2O. The number of ether oxygens (including phenoxy) is 1. The van der Waals surface area contributed by atoms with Gasteiger partial charge in [0.15, 0.2) is 0 Å². The van der Waals surface area contributed by atoms with Crippen molar-refractivity contribution in [3.63, 3.8) is 0 Å². The van der Waals surface area contributed by atoms with Crippen molar-refractivity contribution in [3.05, 3.63) is 71.0 Å². The molecule has 2 rings (SSSR count). The van der Waals surface area contributed by atoms with E-state index in [0.717, 1.165) is 11.1 Å². The summed E-state index contributed by atoms with van der Waals surface area (Å²) in [6, 6.07) is 13.6. The molecule has 0 amide bonds. The summed E-state index contributed by atoms with van der Waals surface area (Å²) in [5.74, 6) is -0.192. The van der Waals surface area contributed by atoms with Crippen LogP contribution in [0.5, 0.6) is 0 Å². The predicted octanol–water partition coefficient (Wildman–Crippen LogP) is 3.25. The summed E-state index contributed by atoms with van der Waals surface area (Å²) >= 11 is 0. The molecule has 0 saturated heterocycles. The van der Waals surface area contributed by atoms with Crippen LogP contribution in [0.15, 0.2) is 48.5 Å². The molecule has 0 radical (unpaired) electrons. The molecule has 0 atom stereocenters. The molecule has 0 aliphatic rings. The largest absolute Gasteiger partial charge is 0.384 e. The number of amidine groups is 1. The van der Waals surface area contributed by atoms with Crippen LogP contribution in [0.4, 0.5) is 4.39 Å². The van der Waals surface area contributed by atoms with Gasteiger partial charge in [0.25, 0.3) is 0 Å². The van der Waals surface area contributed by atoms with Gasteiger partial charge in [0.2, 0.25) is 0 Å². The second-order valence-corrected chi connectivity index (χ2v) is 4.23. The van der Waals surface area contributed by atoms with Crippen molar-refractivity contribution in [2.75, 3.05) is 0 Å². The number of benzene rings is 2. The highest BCUT2D eigenvalue weighted by molar-refractivity contribution is 5.94. The summed E-state index contributed by atoms with van der Waals surface area (Å²) in [6.45, 7) is 0.907. The molecule has 0 fully saturated rings. The monoisotopic (exact) mass is 294 g/mol. The van der Waals surface area contributed by atoms with Crippen LogP contribution in [-0.2, 0) is 18.0 Å². The molecule has 5 heteroatoms. The average molecular weight is 295 g/mol. The van der Waals surface area contributed by atoms with Crippen LogP contribution in [0, 0.1) is 11.2 Å². The molecule has 0 bridgehead atoms. The van der Waals surface area contributed by atoms with E-state index in [1.807, 2.05) is 12.1 Å². The van der Waals surface area contributed by atoms with E-state index in [9.17, 15) is 4.39 Å². The lowest BCUT2D eigenvalue weighted by molar-refractivity contribution is 0.107. The molecular weight excluding hydrogens is 279 g/mol. The highest BCUT2D eigenvalue weighted by Crippen LogP contribution is 2.08. The minimum absolute atomic E-state index is 0. The van der Waals surface area contributed by atoms with Crippen molar-refractivity contribution in [1.29, 1.82) is 5.41 Å². The molecule has 106 valence electrons. The Morgan fingerprint density at radius 1 is 0.950 bits per heavy atom. The number of nitrogens with one attached hydrogen (secondary N) is 1. The van der Waals surface area contributed by atoms with E-state index in [0.29, 0.717) is 18.8 Å². The summed E-state index contributed by atoms with van der Waals surface area (Å²) in [7, 11) is 0. The topological polar surface area (TPSA) is 59.1 Å². The Morgan fingerprint density at radius 3 is 1.85 bits per heavy atom. The van der Waals surface area contributed by atoms with Gasteiger partial charge in [-0.05, 0) is 23.3 Å². The molecule has 3 N–H and O–H groups in total. The normalized spacial score (nSPS) is 9.85. The molecule has 3 nitrogen and oxygen atoms in total. The first kappa shape index (κ1) is 16.1. The second-order valence-electron chi connectivity index (χ2n) is 4.23. The highest BCUT2D eigenvalue weighted by atomic mass is 35.5. The lowest BCUT2D eigenvalue weighted by atomic mass is 10.1. The summed E-state index contributed by atoms with van der Waals surface area (Å²) < 4.78 is 18.2. The fourth-order valence-electron chi connectivity index (χ4n) is 1.65. The number of nitrogen functional groups attached to an aromatic ring is 1. The van der Waals surface area contributed by atoms with Crippen LogP contribution in [0.3, 0.4) is 0 Å². The standard InChI is InChI=1S/C15H15FN2O.ClH/c16-14-7-3-12(4-8-14)10-19-9-11-1-5-13(6-2-11)15(17)18;/h1-8H,9-10H2,(H3,17,18);1H. The van der Waals surface area contributed by atoms with Gasteiger partial charge in [0, 0.05) is 5.56 Å². The Hall–Kier alpha value is -1.91. The molecule has 0 aliphatic carbocycles. The van der Waals surface area contributed by atoms with Gasteiger partial charge in [0.1, 0.15) is 11.7 Å². The van der Waals surface area contributed by atoms with E-state index < -0.39 is 0 Å². The molecule has 0 spiro atoms. The molecule has 0 heterocycles. The maximum atomic E-state index is 12.7. The van der Waals surface area contributed by atoms with Gasteiger partial charge in [-0.25, -0.2) is 4.39 Å². The summed E-state index contributed by atoms with van der Waals surface area (Å²) in [4.78, 5) is 0. The number of nitrogens with two attached hydrogens (primary N) is 1.